The number of aryl methyl sites for hydroxylation is 2. The molecule has 0 bridgehead atoms. The average Bonchev–Trinajstić information content (AvgIpc) is 2.81. The fourth-order valence-electron chi connectivity index (χ4n) is 2.60. The Bertz CT molecular complexity index is 616. The molecule has 1 aromatic carbocycles. The number of nitrogens with zero attached hydrogens (tertiary/aromatic N) is 2. The molecule has 0 radical (unpaired) electrons. The summed E-state index contributed by atoms with van der Waals surface area (Å²) >= 11 is 0. The van der Waals surface area contributed by atoms with Crippen LogP contribution in [0.15, 0.2) is 18.2 Å². The van der Waals surface area contributed by atoms with Gasteiger partial charge in [0.2, 0.25) is 0 Å². The Morgan fingerprint density at radius 3 is 2.89 bits per heavy atom. The summed E-state index contributed by atoms with van der Waals surface area (Å²) in [5, 5.41) is 12.8. The molecule has 0 atom stereocenters. The van der Waals surface area contributed by atoms with Crippen molar-refractivity contribution in [2.24, 2.45) is 0 Å². The van der Waals surface area contributed by atoms with Crippen molar-refractivity contribution in [3.63, 3.8) is 0 Å². The van der Waals surface area contributed by atoms with Gasteiger partial charge >= 0.3 is 0 Å². The van der Waals surface area contributed by atoms with Gasteiger partial charge in [-0.15, -0.1) is 0 Å². The van der Waals surface area contributed by atoms with E-state index >= 15 is 0 Å². The second kappa shape index (κ2) is 4.79. The summed E-state index contributed by atoms with van der Waals surface area (Å²) in [7, 11) is 0. The molecule has 1 aromatic heterocycles. The highest BCUT2D eigenvalue weighted by molar-refractivity contribution is 5.59. The third kappa shape index (κ3) is 2.07. The summed E-state index contributed by atoms with van der Waals surface area (Å²) in [6.45, 7) is 6.88. The normalized spacial score (nSPS) is 14.5. The van der Waals surface area contributed by atoms with Crippen LogP contribution in [-0.2, 0) is 19.7 Å². The molecule has 0 amide bonds. The lowest BCUT2D eigenvalue weighted by Crippen LogP contribution is -2.28. The Labute approximate surface area is 113 Å². The molecule has 3 rings (SSSR count). The van der Waals surface area contributed by atoms with Crippen LogP contribution in [0.5, 0.6) is 0 Å². The van der Waals surface area contributed by atoms with Gasteiger partial charge in [-0.25, -0.2) is 4.98 Å². The van der Waals surface area contributed by atoms with Crippen molar-refractivity contribution < 1.29 is 5.11 Å². The number of aliphatic hydroxyl groups excluding tert-OH is 1. The quantitative estimate of drug-likeness (QED) is 0.862. The monoisotopic (exact) mass is 257 g/mol. The van der Waals surface area contributed by atoms with E-state index in [-0.39, 0.29) is 6.61 Å². The maximum Gasteiger partial charge on any atom is 0.140 e. The predicted molar refractivity (Wildman–Crippen MR) is 74.8 cm³/mol. The summed E-state index contributed by atoms with van der Waals surface area (Å²) in [4.78, 5) is 4.62. The molecule has 1 aliphatic rings. The Kier molecular flexibility index (Phi) is 3.12. The van der Waals surface area contributed by atoms with Crippen molar-refractivity contribution in [3.8, 4) is 11.4 Å². The Balaban J connectivity index is 2.14. The first-order valence-corrected chi connectivity index (χ1v) is 6.68. The maximum atomic E-state index is 9.45. The molecule has 4 heteroatoms. The smallest absolute Gasteiger partial charge is 0.140 e. The number of imidazole rings is 1. The standard InChI is InChI=1S/C15H19N3O/c1-10-3-4-12(7-11(10)2)15-17-13(9-19)14-8-16-5-6-18(14)15/h3-4,7,16,19H,5-6,8-9H2,1-2H3. The minimum absolute atomic E-state index is 0.00184. The number of hydrogen-bond donors (Lipinski definition) is 2. The highest BCUT2D eigenvalue weighted by atomic mass is 16.3. The van der Waals surface area contributed by atoms with Gasteiger partial charge in [0, 0.05) is 25.2 Å². The molecule has 100 valence electrons. The topological polar surface area (TPSA) is 50.1 Å². The Hall–Kier alpha value is -1.65. The molecule has 0 fully saturated rings. The second-order valence-electron chi connectivity index (χ2n) is 5.11. The minimum Gasteiger partial charge on any atom is -0.390 e. The van der Waals surface area contributed by atoms with Crippen LogP contribution in [0.3, 0.4) is 0 Å². The van der Waals surface area contributed by atoms with E-state index in [1.807, 2.05) is 0 Å². The van der Waals surface area contributed by atoms with Gasteiger partial charge in [0.1, 0.15) is 5.82 Å². The lowest BCUT2D eigenvalue weighted by Gasteiger charge is -2.18. The SMILES string of the molecule is Cc1ccc(-c2nc(CO)c3n2CCNC3)cc1C. The Morgan fingerprint density at radius 1 is 1.32 bits per heavy atom. The highest BCUT2D eigenvalue weighted by Gasteiger charge is 2.20. The molecule has 0 saturated heterocycles. The summed E-state index contributed by atoms with van der Waals surface area (Å²) in [5.41, 5.74) is 5.60. The van der Waals surface area contributed by atoms with Crippen LogP contribution in [0.4, 0.5) is 0 Å². The number of aliphatic hydroxyl groups is 1. The van der Waals surface area contributed by atoms with E-state index in [1.54, 1.807) is 0 Å². The number of nitrogens with one attached hydrogen (secondary N) is 1. The summed E-state index contributed by atoms with van der Waals surface area (Å²) in [6, 6.07) is 6.42. The number of aromatic nitrogens is 2. The van der Waals surface area contributed by atoms with Crippen molar-refractivity contribution in [2.75, 3.05) is 6.54 Å². The van der Waals surface area contributed by atoms with E-state index in [9.17, 15) is 5.11 Å². The molecule has 2 N–H and O–H groups in total. The van der Waals surface area contributed by atoms with Gasteiger partial charge in [-0.05, 0) is 31.0 Å². The first kappa shape index (κ1) is 12.4. The average molecular weight is 257 g/mol. The van der Waals surface area contributed by atoms with E-state index in [2.05, 4.69) is 46.9 Å². The van der Waals surface area contributed by atoms with Crippen molar-refractivity contribution in [2.45, 2.75) is 33.5 Å². The van der Waals surface area contributed by atoms with E-state index in [4.69, 9.17) is 0 Å². The van der Waals surface area contributed by atoms with Crippen LogP contribution in [-0.4, -0.2) is 21.2 Å². The zero-order valence-electron chi connectivity index (χ0n) is 11.4. The van der Waals surface area contributed by atoms with Gasteiger partial charge < -0.3 is 15.0 Å². The second-order valence-corrected chi connectivity index (χ2v) is 5.11. The van der Waals surface area contributed by atoms with Gasteiger partial charge in [-0.2, -0.15) is 0 Å². The lowest BCUT2D eigenvalue weighted by atomic mass is 10.1. The summed E-state index contributed by atoms with van der Waals surface area (Å²) in [5.74, 6) is 0.976. The van der Waals surface area contributed by atoms with Crippen LogP contribution >= 0.6 is 0 Å². The maximum absolute atomic E-state index is 9.45. The molecule has 0 unspecified atom stereocenters. The van der Waals surface area contributed by atoms with Crippen molar-refractivity contribution in [1.82, 2.24) is 14.9 Å². The van der Waals surface area contributed by atoms with Crippen LogP contribution < -0.4 is 5.32 Å². The first-order chi connectivity index (χ1) is 9.20. The van der Waals surface area contributed by atoms with E-state index in [0.29, 0.717) is 0 Å². The third-order valence-corrected chi connectivity index (χ3v) is 3.87. The fourth-order valence-corrected chi connectivity index (χ4v) is 2.60. The largest absolute Gasteiger partial charge is 0.390 e. The van der Waals surface area contributed by atoms with Crippen LogP contribution in [0.1, 0.15) is 22.5 Å². The molecular formula is C15H19N3O. The third-order valence-electron chi connectivity index (χ3n) is 3.87. The molecule has 4 nitrogen and oxygen atoms in total. The van der Waals surface area contributed by atoms with E-state index < -0.39 is 0 Å². The molecule has 2 heterocycles. The van der Waals surface area contributed by atoms with Crippen molar-refractivity contribution >= 4 is 0 Å². The molecule has 0 spiro atoms. The lowest BCUT2D eigenvalue weighted by molar-refractivity contribution is 0.275. The molecule has 0 aliphatic carbocycles. The summed E-state index contributed by atoms with van der Waals surface area (Å²) in [6.07, 6.45) is 0. The molecule has 2 aromatic rings. The van der Waals surface area contributed by atoms with Gasteiger partial charge in [-0.1, -0.05) is 12.1 Å². The van der Waals surface area contributed by atoms with Gasteiger partial charge in [0.25, 0.3) is 0 Å². The number of hydrogen-bond acceptors (Lipinski definition) is 3. The Morgan fingerprint density at radius 2 is 2.16 bits per heavy atom. The minimum atomic E-state index is 0.00184. The zero-order chi connectivity index (χ0) is 13.4. The van der Waals surface area contributed by atoms with Crippen LogP contribution in [0.2, 0.25) is 0 Å². The summed E-state index contributed by atoms with van der Waals surface area (Å²) < 4.78 is 2.23. The number of fused-ring (bicyclic) bond motifs is 1. The fraction of sp³-hybridized carbons (Fsp3) is 0.400. The molecule has 1 aliphatic heterocycles. The van der Waals surface area contributed by atoms with Crippen LogP contribution in [0.25, 0.3) is 11.4 Å². The number of benzene rings is 1. The first-order valence-electron chi connectivity index (χ1n) is 6.68. The van der Waals surface area contributed by atoms with Crippen molar-refractivity contribution in [1.29, 1.82) is 0 Å². The van der Waals surface area contributed by atoms with Crippen LogP contribution in [0, 0.1) is 13.8 Å². The van der Waals surface area contributed by atoms with E-state index in [0.717, 1.165) is 42.4 Å². The molecule has 19 heavy (non-hydrogen) atoms. The molecular weight excluding hydrogens is 238 g/mol. The predicted octanol–water partition coefficient (Wildman–Crippen LogP) is 1.76. The molecule has 0 saturated carbocycles. The van der Waals surface area contributed by atoms with E-state index in [1.165, 1.54) is 11.1 Å². The van der Waals surface area contributed by atoms with Gasteiger partial charge in [0.05, 0.1) is 18.0 Å². The van der Waals surface area contributed by atoms with Gasteiger partial charge in [0.15, 0.2) is 0 Å². The van der Waals surface area contributed by atoms with Crippen molar-refractivity contribution in [3.05, 3.63) is 40.7 Å². The number of rotatable bonds is 2. The van der Waals surface area contributed by atoms with Gasteiger partial charge in [-0.3, -0.25) is 0 Å². The zero-order valence-corrected chi connectivity index (χ0v) is 11.4. The highest BCUT2D eigenvalue weighted by Crippen LogP contribution is 2.26.